The fourth-order valence-corrected chi connectivity index (χ4v) is 3.86. The van der Waals surface area contributed by atoms with Crippen molar-refractivity contribution in [1.29, 1.82) is 0 Å². The van der Waals surface area contributed by atoms with Gasteiger partial charge in [0.05, 0.1) is 5.70 Å². The predicted molar refractivity (Wildman–Crippen MR) is 136 cm³/mol. The highest BCUT2D eigenvalue weighted by molar-refractivity contribution is 5.97. The highest BCUT2D eigenvalue weighted by Gasteiger charge is 2.22. The molecular weight excluding hydrogens is 448 g/mol. The number of fused-ring (bicyclic) bond motifs is 1. The van der Waals surface area contributed by atoms with Gasteiger partial charge in [0, 0.05) is 25.6 Å². The van der Waals surface area contributed by atoms with E-state index in [1.165, 1.54) is 6.07 Å². The Bertz CT molecular complexity index is 963. The summed E-state index contributed by atoms with van der Waals surface area (Å²) in [6.45, 7) is 8.79. The van der Waals surface area contributed by atoms with Crippen LogP contribution in [-0.4, -0.2) is 52.8 Å². The van der Waals surface area contributed by atoms with Crippen LogP contribution in [0.2, 0.25) is 0 Å². The van der Waals surface area contributed by atoms with Gasteiger partial charge < -0.3 is 19.8 Å². The van der Waals surface area contributed by atoms with Crippen molar-refractivity contribution in [2.24, 2.45) is 0 Å². The number of hydrogen-bond donors (Lipinski definition) is 3. The molecule has 1 amide bonds. The lowest BCUT2D eigenvalue weighted by atomic mass is 10.0. The van der Waals surface area contributed by atoms with Gasteiger partial charge in [-0.25, -0.2) is 4.79 Å². The fraction of sp³-hybridized carbons (Fsp3) is 0.481. The molecule has 0 bridgehead atoms. The second-order valence-electron chi connectivity index (χ2n) is 8.54. The lowest BCUT2D eigenvalue weighted by Gasteiger charge is -2.19. The largest absolute Gasteiger partial charge is 0.508 e. The van der Waals surface area contributed by atoms with Crippen LogP contribution < -0.4 is 5.48 Å². The van der Waals surface area contributed by atoms with Crippen LogP contribution in [0.3, 0.4) is 0 Å². The molecule has 1 unspecified atom stereocenters. The summed E-state index contributed by atoms with van der Waals surface area (Å²) in [5, 5.41) is 20.6. The highest BCUT2D eigenvalue weighted by atomic mass is 16.6. The van der Waals surface area contributed by atoms with Crippen LogP contribution in [0, 0.1) is 0 Å². The summed E-state index contributed by atoms with van der Waals surface area (Å²) in [6.07, 6.45) is 10.9. The van der Waals surface area contributed by atoms with Crippen molar-refractivity contribution < 1.29 is 29.4 Å². The molecule has 0 aromatic heterocycles. The zero-order valence-corrected chi connectivity index (χ0v) is 21.2. The van der Waals surface area contributed by atoms with Crippen LogP contribution in [0.15, 0.2) is 41.6 Å². The number of carbonyl (C=O) groups is 2. The topological polar surface area (TPSA) is 108 Å². The minimum Gasteiger partial charge on any atom is -0.508 e. The third-order valence-electron chi connectivity index (χ3n) is 5.71. The van der Waals surface area contributed by atoms with Crippen LogP contribution >= 0.6 is 0 Å². The molecular formula is C27H38N2O6. The molecule has 2 rings (SSSR count). The van der Waals surface area contributed by atoms with Gasteiger partial charge in [-0.1, -0.05) is 31.1 Å². The van der Waals surface area contributed by atoms with Gasteiger partial charge in [0.2, 0.25) is 0 Å². The number of benzene rings is 1. The molecule has 35 heavy (non-hydrogen) atoms. The van der Waals surface area contributed by atoms with Crippen LogP contribution in [0.1, 0.15) is 75.7 Å². The zero-order valence-electron chi connectivity index (χ0n) is 21.2. The number of rotatable bonds is 8. The first-order valence-electron chi connectivity index (χ1n) is 12.2. The lowest BCUT2D eigenvalue weighted by molar-refractivity contribution is -0.137. The normalized spacial score (nSPS) is 19.9. The first kappa shape index (κ1) is 28.0. The number of phenols is 2. The average molecular weight is 487 g/mol. The van der Waals surface area contributed by atoms with E-state index in [2.05, 4.69) is 11.6 Å². The molecule has 8 heteroatoms. The Balaban J connectivity index is 2.44. The van der Waals surface area contributed by atoms with E-state index in [4.69, 9.17) is 9.57 Å². The maximum Gasteiger partial charge on any atom is 0.342 e. The number of nitrogens with one attached hydrogen (secondary N) is 1. The molecule has 1 atom stereocenters. The first-order chi connectivity index (χ1) is 16.8. The van der Waals surface area contributed by atoms with E-state index < -0.39 is 5.97 Å². The molecule has 0 saturated heterocycles. The van der Waals surface area contributed by atoms with Crippen LogP contribution in [-0.2, 0) is 14.4 Å². The molecule has 8 nitrogen and oxygen atoms in total. The summed E-state index contributed by atoms with van der Waals surface area (Å²) in [7, 11) is 0. The Morgan fingerprint density at radius 1 is 1.17 bits per heavy atom. The zero-order chi connectivity index (χ0) is 25.8. The highest BCUT2D eigenvalue weighted by Crippen LogP contribution is 2.30. The van der Waals surface area contributed by atoms with Gasteiger partial charge in [-0.3, -0.25) is 15.1 Å². The number of likely N-dealkylation sites (N-methyl/N-ethyl adjacent to an activating group) is 1. The van der Waals surface area contributed by atoms with E-state index in [0.29, 0.717) is 31.6 Å². The second-order valence-corrected chi connectivity index (χ2v) is 8.54. The van der Waals surface area contributed by atoms with Gasteiger partial charge in [-0.2, -0.15) is 0 Å². The molecule has 192 valence electrons. The predicted octanol–water partition coefficient (Wildman–Crippen LogP) is 4.84. The summed E-state index contributed by atoms with van der Waals surface area (Å²) < 4.78 is 5.72. The summed E-state index contributed by atoms with van der Waals surface area (Å²) in [4.78, 5) is 32.5. The minimum atomic E-state index is -0.671. The first-order valence-corrected chi connectivity index (χ1v) is 12.2. The van der Waals surface area contributed by atoms with Gasteiger partial charge in [0.1, 0.15) is 23.2 Å². The number of hydroxylamine groups is 1. The third kappa shape index (κ3) is 8.79. The Labute approximate surface area is 207 Å². The molecule has 1 aliphatic heterocycles. The summed E-state index contributed by atoms with van der Waals surface area (Å²) in [5.41, 5.74) is 4.51. The molecule has 1 aliphatic rings. The molecule has 0 fully saturated rings. The molecule has 0 saturated carbocycles. The Kier molecular flexibility index (Phi) is 11.4. The number of esters is 1. The lowest BCUT2D eigenvalue weighted by Crippen LogP contribution is -2.35. The molecule has 1 aromatic rings. The van der Waals surface area contributed by atoms with Gasteiger partial charge in [-0.05, 0) is 63.8 Å². The van der Waals surface area contributed by atoms with Gasteiger partial charge in [0.15, 0.2) is 6.61 Å². The van der Waals surface area contributed by atoms with Crippen molar-refractivity contribution in [2.75, 3.05) is 19.7 Å². The van der Waals surface area contributed by atoms with Crippen molar-refractivity contribution in [3.05, 3.63) is 52.8 Å². The number of phenolic OH excluding ortho intramolecular Hbond substituents is 2. The van der Waals surface area contributed by atoms with Crippen molar-refractivity contribution >= 4 is 18.0 Å². The summed E-state index contributed by atoms with van der Waals surface area (Å²) >= 11 is 0. The number of amides is 1. The van der Waals surface area contributed by atoms with Gasteiger partial charge >= 0.3 is 5.97 Å². The van der Waals surface area contributed by atoms with E-state index >= 15 is 0 Å². The quantitative estimate of drug-likeness (QED) is 0.274. The van der Waals surface area contributed by atoms with Crippen molar-refractivity contribution in [3.8, 4) is 11.5 Å². The number of allylic oxidation sites excluding steroid dienone is 3. The van der Waals surface area contributed by atoms with Crippen molar-refractivity contribution in [2.45, 2.75) is 65.9 Å². The monoisotopic (exact) mass is 486 g/mol. The fourth-order valence-electron chi connectivity index (χ4n) is 3.86. The number of cyclic esters (lactones) is 1. The standard InChI is InChI=1S/C27H38N2O6/c1-5-11-23-13-10-8-9-12-19(4)14-21(28-34-18-25(32)29(6-2)7-3)15-20-16-22(30)17-24(31)26(20)27(33)35-23/h8,10,14-17,23,28,30-31H,5-7,9,11-13,18H2,1-4H3/b10-8?,19-14+,21-15-. The molecule has 0 radical (unpaired) electrons. The van der Waals surface area contributed by atoms with Crippen molar-refractivity contribution in [3.63, 3.8) is 0 Å². The SMILES string of the molecule is CCCC1CC=CCC/C(C)=C/C(NOCC(=O)N(CC)CC)=C/c2cc(O)cc(O)c2C(=O)O1. The molecule has 1 heterocycles. The summed E-state index contributed by atoms with van der Waals surface area (Å²) in [5.74, 6) is -1.40. The van der Waals surface area contributed by atoms with E-state index in [-0.39, 0.29) is 41.2 Å². The maximum absolute atomic E-state index is 13.1. The van der Waals surface area contributed by atoms with Gasteiger partial charge in [-0.15, -0.1) is 0 Å². The van der Waals surface area contributed by atoms with E-state index in [1.54, 1.807) is 11.0 Å². The van der Waals surface area contributed by atoms with E-state index in [1.807, 2.05) is 39.8 Å². The van der Waals surface area contributed by atoms with E-state index in [9.17, 15) is 19.8 Å². The van der Waals surface area contributed by atoms with Crippen LogP contribution in [0.4, 0.5) is 0 Å². The smallest absolute Gasteiger partial charge is 0.342 e. The third-order valence-corrected chi connectivity index (χ3v) is 5.71. The van der Waals surface area contributed by atoms with Crippen LogP contribution in [0.5, 0.6) is 11.5 Å². The molecule has 0 aliphatic carbocycles. The number of nitrogens with zero attached hydrogens (tertiary/aromatic N) is 1. The number of hydrogen-bond acceptors (Lipinski definition) is 7. The summed E-state index contributed by atoms with van der Waals surface area (Å²) in [6, 6.07) is 2.49. The van der Waals surface area contributed by atoms with Gasteiger partial charge in [0.25, 0.3) is 5.91 Å². The van der Waals surface area contributed by atoms with Crippen LogP contribution in [0.25, 0.3) is 6.08 Å². The Morgan fingerprint density at radius 2 is 1.91 bits per heavy atom. The maximum atomic E-state index is 13.1. The second kappa shape index (κ2) is 14.2. The molecule has 0 spiro atoms. The minimum absolute atomic E-state index is 0.0467. The molecule has 3 N–H and O–H groups in total. The number of carbonyl (C=O) groups excluding carboxylic acids is 2. The van der Waals surface area contributed by atoms with Crippen molar-refractivity contribution in [1.82, 2.24) is 10.4 Å². The number of aromatic hydroxyl groups is 2. The van der Waals surface area contributed by atoms with E-state index in [0.717, 1.165) is 30.9 Å². The number of ether oxygens (including phenoxy) is 1. The molecule has 1 aromatic carbocycles. The Morgan fingerprint density at radius 3 is 2.60 bits per heavy atom. The average Bonchev–Trinajstić information content (AvgIpc) is 2.78. The Hall–Kier alpha value is -3.26.